The summed E-state index contributed by atoms with van der Waals surface area (Å²) in [7, 11) is 0. The lowest BCUT2D eigenvalue weighted by Gasteiger charge is -2.35. The monoisotopic (exact) mass is 479 g/mol. The van der Waals surface area contributed by atoms with Gasteiger partial charge in [-0.3, -0.25) is 14.8 Å². The fraction of sp³-hybridized carbons (Fsp3) is 0.440. The van der Waals surface area contributed by atoms with Crippen molar-refractivity contribution in [3.8, 4) is 0 Å². The maximum Gasteiger partial charge on any atom is 0.224 e. The average Bonchev–Trinajstić information content (AvgIpc) is 3.25. The van der Waals surface area contributed by atoms with E-state index in [1.807, 2.05) is 38.1 Å². The van der Waals surface area contributed by atoms with Gasteiger partial charge in [0.1, 0.15) is 5.82 Å². The number of anilines is 2. The summed E-state index contributed by atoms with van der Waals surface area (Å²) in [6.45, 7) is 11.3. The number of hydrogen-bond acceptors (Lipinski definition) is 7. The minimum absolute atomic E-state index is 0.00848. The lowest BCUT2D eigenvalue weighted by atomic mass is 10.2. The first kappa shape index (κ1) is 24.2. The van der Waals surface area contributed by atoms with Crippen molar-refractivity contribution >= 4 is 29.2 Å². The zero-order chi connectivity index (χ0) is 23.9. The van der Waals surface area contributed by atoms with Gasteiger partial charge in [-0.2, -0.15) is 5.10 Å². The van der Waals surface area contributed by atoms with Crippen LogP contribution >= 0.6 is 11.8 Å². The highest BCUT2D eigenvalue weighted by Gasteiger charge is 2.19. The Morgan fingerprint density at radius 2 is 1.85 bits per heavy atom. The number of aromatic amines is 1. The Kier molecular flexibility index (Phi) is 8.18. The van der Waals surface area contributed by atoms with Crippen molar-refractivity contribution in [3.05, 3.63) is 53.5 Å². The van der Waals surface area contributed by atoms with Gasteiger partial charge in [-0.05, 0) is 62.0 Å². The van der Waals surface area contributed by atoms with Crippen LogP contribution in [0.3, 0.4) is 0 Å². The fourth-order valence-electron chi connectivity index (χ4n) is 4.00. The molecule has 9 heteroatoms. The van der Waals surface area contributed by atoms with Crippen molar-refractivity contribution in [1.29, 1.82) is 0 Å². The van der Waals surface area contributed by atoms with Crippen LogP contribution in [0.15, 0.2) is 46.5 Å². The smallest absolute Gasteiger partial charge is 0.224 e. The van der Waals surface area contributed by atoms with Crippen LogP contribution in [0.5, 0.6) is 0 Å². The van der Waals surface area contributed by atoms with Gasteiger partial charge < -0.3 is 10.2 Å². The van der Waals surface area contributed by atoms with Crippen LogP contribution < -0.4 is 10.2 Å². The summed E-state index contributed by atoms with van der Waals surface area (Å²) in [6.07, 6.45) is 2.33. The van der Waals surface area contributed by atoms with Crippen molar-refractivity contribution in [2.24, 2.45) is 0 Å². The molecule has 1 aliphatic heterocycles. The van der Waals surface area contributed by atoms with Crippen LogP contribution in [0.1, 0.15) is 43.8 Å². The lowest BCUT2D eigenvalue weighted by molar-refractivity contribution is -0.115. The van der Waals surface area contributed by atoms with E-state index in [0.717, 1.165) is 71.4 Å². The summed E-state index contributed by atoms with van der Waals surface area (Å²) in [4.78, 5) is 27.3. The second-order valence-electron chi connectivity index (χ2n) is 8.57. The van der Waals surface area contributed by atoms with Crippen LogP contribution in [0.25, 0.3) is 0 Å². The molecule has 0 atom stereocenters. The van der Waals surface area contributed by atoms with E-state index in [9.17, 15) is 4.79 Å². The number of aromatic nitrogens is 4. The van der Waals surface area contributed by atoms with E-state index < -0.39 is 0 Å². The predicted molar refractivity (Wildman–Crippen MR) is 137 cm³/mol. The minimum Gasteiger partial charge on any atom is -0.354 e. The maximum absolute atomic E-state index is 11.6. The predicted octanol–water partition coefficient (Wildman–Crippen LogP) is 4.13. The number of carbonyl (C=O) groups excluding carboxylic acids is 1. The summed E-state index contributed by atoms with van der Waals surface area (Å²) in [6, 6.07) is 12.0. The minimum atomic E-state index is 0.00848. The van der Waals surface area contributed by atoms with E-state index >= 15 is 0 Å². The molecule has 8 nitrogen and oxygen atoms in total. The SMILES string of the molecule is CCCN1CCN(c2cc(Cc3cc(C)n[nH]3)nc(Sc3ccc(NC(=O)CC)cc3)n2)CC1. The van der Waals surface area contributed by atoms with Gasteiger partial charge in [-0.15, -0.1) is 0 Å². The number of rotatable bonds is 9. The van der Waals surface area contributed by atoms with Crippen molar-refractivity contribution in [2.75, 3.05) is 42.9 Å². The molecule has 4 rings (SSSR count). The molecule has 0 saturated carbocycles. The molecular formula is C25H33N7OS. The molecule has 3 heterocycles. The number of benzene rings is 1. The molecular weight excluding hydrogens is 446 g/mol. The molecule has 34 heavy (non-hydrogen) atoms. The molecule has 1 aliphatic rings. The third-order valence-corrected chi connectivity index (χ3v) is 6.65. The molecule has 1 fully saturated rings. The lowest BCUT2D eigenvalue weighted by Crippen LogP contribution is -2.46. The summed E-state index contributed by atoms with van der Waals surface area (Å²) >= 11 is 1.54. The van der Waals surface area contributed by atoms with Crippen LogP contribution in [0.2, 0.25) is 0 Å². The molecule has 0 spiro atoms. The third-order valence-electron chi connectivity index (χ3n) is 5.78. The number of nitrogens with one attached hydrogen (secondary N) is 2. The number of amides is 1. The Morgan fingerprint density at radius 1 is 1.09 bits per heavy atom. The summed E-state index contributed by atoms with van der Waals surface area (Å²) in [5, 5.41) is 11.0. The fourth-order valence-corrected chi connectivity index (χ4v) is 4.78. The number of H-pyrrole nitrogens is 1. The Balaban J connectivity index is 1.53. The van der Waals surface area contributed by atoms with Crippen molar-refractivity contribution in [2.45, 2.75) is 50.1 Å². The van der Waals surface area contributed by atoms with Crippen LogP contribution in [-0.4, -0.2) is 63.7 Å². The standard InChI is InChI=1S/C25H33N7OS/c1-4-10-31-11-13-32(14-12-31)23-17-20(16-21-15-18(3)29-30-21)27-25(28-23)34-22-8-6-19(7-9-22)26-24(33)5-2/h6-9,15,17H,4-5,10-14,16H2,1-3H3,(H,26,33)(H,29,30). The first-order chi connectivity index (χ1) is 16.5. The van der Waals surface area contributed by atoms with E-state index in [-0.39, 0.29) is 5.91 Å². The molecule has 1 saturated heterocycles. The number of carbonyl (C=O) groups is 1. The van der Waals surface area contributed by atoms with Gasteiger partial charge in [0.15, 0.2) is 5.16 Å². The molecule has 0 radical (unpaired) electrons. The second-order valence-corrected chi connectivity index (χ2v) is 9.61. The Morgan fingerprint density at radius 3 is 2.50 bits per heavy atom. The number of piperazine rings is 1. The summed E-state index contributed by atoms with van der Waals surface area (Å²) in [5.74, 6) is 0.987. The Labute approximate surface area is 205 Å². The largest absolute Gasteiger partial charge is 0.354 e. The van der Waals surface area contributed by atoms with Crippen LogP contribution in [-0.2, 0) is 11.2 Å². The number of aryl methyl sites for hydroxylation is 1. The van der Waals surface area contributed by atoms with Gasteiger partial charge in [0.2, 0.25) is 5.91 Å². The highest BCUT2D eigenvalue weighted by molar-refractivity contribution is 7.99. The zero-order valence-corrected chi connectivity index (χ0v) is 21.0. The van der Waals surface area contributed by atoms with Crippen molar-refractivity contribution in [3.63, 3.8) is 0 Å². The van der Waals surface area contributed by atoms with Gasteiger partial charge in [-0.1, -0.05) is 13.8 Å². The maximum atomic E-state index is 11.6. The van der Waals surface area contributed by atoms with Gasteiger partial charge in [-0.25, -0.2) is 9.97 Å². The van der Waals surface area contributed by atoms with E-state index in [1.54, 1.807) is 0 Å². The van der Waals surface area contributed by atoms with Crippen LogP contribution in [0, 0.1) is 6.92 Å². The molecule has 1 aromatic carbocycles. The molecule has 0 unspecified atom stereocenters. The van der Waals surface area contributed by atoms with E-state index in [0.29, 0.717) is 12.8 Å². The summed E-state index contributed by atoms with van der Waals surface area (Å²) in [5.41, 5.74) is 3.79. The number of nitrogens with zero attached hydrogens (tertiary/aromatic N) is 5. The molecule has 2 aromatic heterocycles. The molecule has 0 bridgehead atoms. The highest BCUT2D eigenvalue weighted by atomic mass is 32.2. The van der Waals surface area contributed by atoms with Crippen molar-refractivity contribution in [1.82, 2.24) is 25.1 Å². The Bertz CT molecular complexity index is 1090. The van der Waals surface area contributed by atoms with E-state index in [2.05, 4.69) is 44.4 Å². The van der Waals surface area contributed by atoms with Gasteiger partial charge >= 0.3 is 0 Å². The van der Waals surface area contributed by atoms with Crippen LogP contribution in [0.4, 0.5) is 11.5 Å². The molecule has 180 valence electrons. The molecule has 2 N–H and O–H groups in total. The molecule has 1 amide bonds. The average molecular weight is 480 g/mol. The molecule has 0 aliphatic carbocycles. The zero-order valence-electron chi connectivity index (χ0n) is 20.2. The van der Waals surface area contributed by atoms with Gasteiger partial charge in [0.25, 0.3) is 0 Å². The third kappa shape index (κ3) is 6.57. The van der Waals surface area contributed by atoms with Gasteiger partial charge in [0, 0.05) is 61.4 Å². The highest BCUT2D eigenvalue weighted by Crippen LogP contribution is 2.29. The van der Waals surface area contributed by atoms with Crippen molar-refractivity contribution < 1.29 is 4.79 Å². The van der Waals surface area contributed by atoms with Gasteiger partial charge in [0.05, 0.1) is 11.4 Å². The van der Waals surface area contributed by atoms with E-state index in [1.165, 1.54) is 18.2 Å². The molecule has 3 aromatic rings. The van der Waals surface area contributed by atoms with E-state index in [4.69, 9.17) is 9.97 Å². The first-order valence-corrected chi connectivity index (χ1v) is 12.8. The number of hydrogen-bond donors (Lipinski definition) is 2. The topological polar surface area (TPSA) is 90.0 Å². The second kappa shape index (κ2) is 11.5. The quantitative estimate of drug-likeness (QED) is 0.446. The summed E-state index contributed by atoms with van der Waals surface area (Å²) < 4.78 is 0. The first-order valence-electron chi connectivity index (χ1n) is 12.0. The normalized spacial score (nSPS) is 14.4. The Hall–Kier alpha value is -2.91.